The molecule has 0 aromatic carbocycles. The zero-order valence-electron chi connectivity index (χ0n) is 11.0. The number of rotatable bonds is 6. The summed E-state index contributed by atoms with van der Waals surface area (Å²) in [6, 6.07) is 0.178. The minimum atomic E-state index is -2.90. The molecule has 1 aliphatic heterocycles. The molecule has 1 unspecified atom stereocenters. The molecule has 1 saturated heterocycles. The maximum absolute atomic E-state index is 11.7. The van der Waals surface area contributed by atoms with Crippen LogP contribution in [0.3, 0.4) is 0 Å². The van der Waals surface area contributed by atoms with Gasteiger partial charge >= 0.3 is 6.01 Å². The molecular formula is C10H16N4O4S2. The van der Waals surface area contributed by atoms with Gasteiger partial charge in [0, 0.05) is 5.25 Å². The molecule has 1 fully saturated rings. The molecule has 10 heteroatoms. The van der Waals surface area contributed by atoms with Gasteiger partial charge in [0.05, 0.1) is 23.9 Å². The van der Waals surface area contributed by atoms with Gasteiger partial charge in [-0.05, 0) is 13.3 Å². The number of hydrogen-bond acceptors (Lipinski definition) is 7. The molecule has 0 aliphatic carbocycles. The molecule has 1 aromatic heterocycles. The van der Waals surface area contributed by atoms with Crippen molar-refractivity contribution in [3.8, 4) is 6.01 Å². The molecule has 2 N–H and O–H groups in total. The Kier molecular flexibility index (Phi) is 4.86. The molecule has 1 atom stereocenters. The Morgan fingerprint density at radius 2 is 2.40 bits per heavy atom. The molecule has 0 saturated carbocycles. The summed E-state index contributed by atoms with van der Waals surface area (Å²) in [6.45, 7) is 2.25. The lowest BCUT2D eigenvalue weighted by atomic mass is 10.4. The molecule has 2 heterocycles. The highest BCUT2D eigenvalue weighted by Gasteiger charge is 2.28. The number of anilines is 1. The minimum Gasteiger partial charge on any atom is -0.463 e. The molecule has 20 heavy (non-hydrogen) atoms. The van der Waals surface area contributed by atoms with Crippen LogP contribution in [0.5, 0.6) is 6.01 Å². The quantitative estimate of drug-likeness (QED) is 0.762. The highest BCUT2D eigenvalue weighted by Crippen LogP contribution is 2.24. The van der Waals surface area contributed by atoms with Crippen LogP contribution in [0.4, 0.5) is 5.95 Å². The maximum Gasteiger partial charge on any atom is 0.337 e. The number of aromatic nitrogens is 3. The fourth-order valence-electron chi connectivity index (χ4n) is 1.75. The first kappa shape index (κ1) is 15.1. The molecule has 2 rings (SSSR count). The van der Waals surface area contributed by atoms with Gasteiger partial charge in [-0.2, -0.15) is 4.98 Å². The molecule has 0 spiro atoms. The molecule has 112 valence electrons. The summed E-state index contributed by atoms with van der Waals surface area (Å²) in [6.07, 6.45) is 0.608. The Morgan fingerprint density at radius 3 is 3.05 bits per heavy atom. The van der Waals surface area contributed by atoms with Gasteiger partial charge in [0.25, 0.3) is 0 Å². The van der Waals surface area contributed by atoms with Crippen molar-refractivity contribution in [2.45, 2.75) is 18.6 Å². The van der Waals surface area contributed by atoms with Crippen LogP contribution < -0.4 is 10.1 Å². The van der Waals surface area contributed by atoms with Crippen LogP contribution in [-0.4, -0.2) is 58.6 Å². The number of carbonyl (C=O) groups is 1. The number of hydrogen-bond donors (Lipinski definition) is 2. The van der Waals surface area contributed by atoms with E-state index in [1.54, 1.807) is 6.92 Å². The average molecular weight is 320 g/mol. The van der Waals surface area contributed by atoms with E-state index in [4.69, 9.17) is 4.74 Å². The number of sulfone groups is 1. The second kappa shape index (κ2) is 6.44. The van der Waals surface area contributed by atoms with Crippen molar-refractivity contribution in [1.82, 2.24) is 15.2 Å². The summed E-state index contributed by atoms with van der Waals surface area (Å²) < 4.78 is 27.6. The fraction of sp³-hybridized carbons (Fsp3) is 0.700. The third-order valence-electron chi connectivity index (χ3n) is 2.64. The summed E-state index contributed by atoms with van der Waals surface area (Å²) in [5.74, 6) is 0.523. The summed E-state index contributed by atoms with van der Waals surface area (Å²) in [7, 11) is -2.90. The van der Waals surface area contributed by atoms with Crippen molar-refractivity contribution >= 4 is 33.5 Å². The first-order valence-electron chi connectivity index (χ1n) is 6.15. The molecule has 1 amide bonds. The number of thioether (sulfide) groups is 1. The van der Waals surface area contributed by atoms with Gasteiger partial charge in [-0.3, -0.25) is 10.1 Å². The summed E-state index contributed by atoms with van der Waals surface area (Å²) >= 11 is 1.35. The largest absolute Gasteiger partial charge is 0.463 e. The van der Waals surface area contributed by atoms with Crippen molar-refractivity contribution in [2.75, 3.05) is 29.2 Å². The first-order chi connectivity index (χ1) is 9.48. The van der Waals surface area contributed by atoms with E-state index in [9.17, 15) is 13.2 Å². The normalized spacial score (nSPS) is 20.8. The lowest BCUT2D eigenvalue weighted by Gasteiger charge is -2.06. The van der Waals surface area contributed by atoms with E-state index < -0.39 is 9.84 Å². The second-order valence-corrected chi connectivity index (χ2v) is 7.80. The van der Waals surface area contributed by atoms with E-state index in [0.717, 1.165) is 0 Å². The lowest BCUT2D eigenvalue weighted by molar-refractivity contribution is -0.113. The van der Waals surface area contributed by atoms with E-state index in [-0.39, 0.29) is 40.4 Å². The van der Waals surface area contributed by atoms with Gasteiger partial charge in [-0.25, -0.2) is 13.5 Å². The van der Waals surface area contributed by atoms with Gasteiger partial charge in [0.15, 0.2) is 9.84 Å². The van der Waals surface area contributed by atoms with Crippen molar-refractivity contribution < 1.29 is 17.9 Å². The highest BCUT2D eigenvalue weighted by molar-refractivity contribution is 8.02. The van der Waals surface area contributed by atoms with E-state index in [2.05, 4.69) is 20.5 Å². The van der Waals surface area contributed by atoms with Crippen LogP contribution >= 0.6 is 11.8 Å². The molecule has 0 radical (unpaired) electrons. The highest BCUT2D eigenvalue weighted by atomic mass is 32.2. The van der Waals surface area contributed by atoms with Crippen LogP contribution in [-0.2, 0) is 14.6 Å². The van der Waals surface area contributed by atoms with Crippen LogP contribution in [0.25, 0.3) is 0 Å². The van der Waals surface area contributed by atoms with Gasteiger partial charge < -0.3 is 4.74 Å². The number of aromatic amines is 1. The standard InChI is InChI=1S/C10H16N4O4S2/c1-2-18-10-12-9(13-14-10)11-8(15)5-19-7-3-4-20(16,17)6-7/h7H,2-6H2,1H3,(H2,11,12,13,14,15). The van der Waals surface area contributed by atoms with E-state index in [1.807, 2.05) is 0 Å². The monoisotopic (exact) mass is 320 g/mol. The van der Waals surface area contributed by atoms with Crippen LogP contribution in [0.2, 0.25) is 0 Å². The number of ether oxygens (including phenoxy) is 1. The maximum atomic E-state index is 11.7. The predicted molar refractivity (Wildman–Crippen MR) is 75.7 cm³/mol. The second-order valence-electron chi connectivity index (χ2n) is 4.28. The Labute approximate surface area is 121 Å². The van der Waals surface area contributed by atoms with E-state index in [0.29, 0.717) is 13.0 Å². The molecular weight excluding hydrogens is 304 g/mol. The topological polar surface area (TPSA) is 114 Å². The van der Waals surface area contributed by atoms with Crippen molar-refractivity contribution in [3.05, 3.63) is 0 Å². The predicted octanol–water partition coefficient (Wildman–Crippen LogP) is 0.0622. The van der Waals surface area contributed by atoms with E-state index >= 15 is 0 Å². The average Bonchev–Trinajstić information content (AvgIpc) is 2.94. The zero-order chi connectivity index (χ0) is 14.6. The van der Waals surface area contributed by atoms with Crippen molar-refractivity contribution in [2.24, 2.45) is 0 Å². The van der Waals surface area contributed by atoms with Crippen LogP contribution in [0.15, 0.2) is 0 Å². The Bertz CT molecular complexity index is 572. The van der Waals surface area contributed by atoms with Gasteiger partial charge in [-0.1, -0.05) is 0 Å². The summed E-state index contributed by atoms with van der Waals surface area (Å²) in [5.41, 5.74) is 0. The minimum absolute atomic E-state index is 0.000498. The van der Waals surface area contributed by atoms with Gasteiger partial charge in [0.2, 0.25) is 11.9 Å². The molecule has 1 aromatic rings. The number of carbonyl (C=O) groups excluding carboxylic acids is 1. The number of nitrogens with zero attached hydrogens (tertiary/aromatic N) is 2. The summed E-state index contributed by atoms with van der Waals surface area (Å²) in [5, 5.41) is 8.84. The number of amides is 1. The van der Waals surface area contributed by atoms with Crippen LogP contribution in [0, 0.1) is 0 Å². The van der Waals surface area contributed by atoms with E-state index in [1.165, 1.54) is 11.8 Å². The third kappa shape index (κ3) is 4.37. The Balaban J connectivity index is 1.75. The van der Waals surface area contributed by atoms with Crippen molar-refractivity contribution in [3.63, 3.8) is 0 Å². The zero-order valence-corrected chi connectivity index (χ0v) is 12.6. The summed E-state index contributed by atoms with van der Waals surface area (Å²) in [4.78, 5) is 15.6. The molecule has 8 nitrogen and oxygen atoms in total. The van der Waals surface area contributed by atoms with Gasteiger partial charge in [-0.15, -0.1) is 16.9 Å². The lowest BCUT2D eigenvalue weighted by Crippen LogP contribution is -2.18. The SMILES string of the molecule is CCOc1n[nH]c(NC(=O)CSC2CCS(=O)(=O)C2)n1. The molecule has 1 aliphatic rings. The van der Waals surface area contributed by atoms with Crippen molar-refractivity contribution in [1.29, 1.82) is 0 Å². The first-order valence-corrected chi connectivity index (χ1v) is 9.02. The number of nitrogens with one attached hydrogen (secondary N) is 2. The Morgan fingerprint density at radius 1 is 1.60 bits per heavy atom. The third-order valence-corrected chi connectivity index (χ3v) is 5.92. The Hall–Kier alpha value is -1.29. The van der Waals surface area contributed by atoms with Gasteiger partial charge in [0.1, 0.15) is 0 Å². The smallest absolute Gasteiger partial charge is 0.337 e. The van der Waals surface area contributed by atoms with Crippen LogP contribution in [0.1, 0.15) is 13.3 Å². The molecule has 0 bridgehead atoms. The fourth-order valence-corrected chi connectivity index (χ4v) is 5.19. The number of H-pyrrole nitrogens is 1.